The molecule has 1 aromatic heterocycles. The minimum absolute atomic E-state index is 1.14. The van der Waals surface area contributed by atoms with E-state index in [2.05, 4.69) is 169 Å². The summed E-state index contributed by atoms with van der Waals surface area (Å²) in [5, 5.41) is 10.3. The third-order valence-electron chi connectivity index (χ3n) is 8.82. The highest BCUT2D eigenvalue weighted by Crippen LogP contribution is 2.42. The summed E-state index contributed by atoms with van der Waals surface area (Å²) in [6.45, 7) is 0. The predicted molar refractivity (Wildman–Crippen MR) is 192 cm³/mol. The number of hydrogen-bond donors (Lipinski definition) is 0. The normalized spacial score (nSPS) is 11.6. The van der Waals surface area contributed by atoms with Crippen molar-refractivity contribution >= 4 is 80.9 Å². The van der Waals surface area contributed by atoms with E-state index in [4.69, 9.17) is 0 Å². The summed E-state index contributed by atoms with van der Waals surface area (Å²) >= 11 is 1.86. The van der Waals surface area contributed by atoms with Crippen LogP contribution in [0.2, 0.25) is 0 Å². The lowest BCUT2D eigenvalue weighted by molar-refractivity contribution is 1.30. The van der Waals surface area contributed by atoms with Crippen LogP contribution in [0, 0.1) is 0 Å². The molecule has 0 atom stereocenters. The number of fused-ring (bicyclic) bond motifs is 8. The second-order valence-electron chi connectivity index (χ2n) is 11.4. The fourth-order valence-corrected chi connectivity index (χ4v) is 7.85. The summed E-state index contributed by atoms with van der Waals surface area (Å²) in [6.07, 6.45) is 0. The lowest BCUT2D eigenvalue weighted by Gasteiger charge is -2.26. The molecular formula is C42H27NS. The molecule has 9 aromatic rings. The first-order chi connectivity index (χ1) is 21.8. The Hall–Kier alpha value is -5.44. The van der Waals surface area contributed by atoms with E-state index in [-0.39, 0.29) is 0 Å². The summed E-state index contributed by atoms with van der Waals surface area (Å²) in [5.74, 6) is 0. The van der Waals surface area contributed by atoms with Crippen LogP contribution in [0.4, 0.5) is 17.1 Å². The Bertz CT molecular complexity index is 2510. The van der Waals surface area contributed by atoms with Crippen molar-refractivity contribution in [3.63, 3.8) is 0 Å². The summed E-state index contributed by atoms with van der Waals surface area (Å²) in [6, 6.07) is 59.8. The van der Waals surface area contributed by atoms with Crippen molar-refractivity contribution in [2.75, 3.05) is 4.90 Å². The average molecular weight is 578 g/mol. The van der Waals surface area contributed by atoms with Gasteiger partial charge in [-0.05, 0) is 85.9 Å². The Balaban J connectivity index is 1.25. The Labute approximate surface area is 259 Å². The minimum atomic E-state index is 1.14. The summed E-state index contributed by atoms with van der Waals surface area (Å²) in [7, 11) is 0. The number of hydrogen-bond acceptors (Lipinski definition) is 2. The standard InChI is InChI=1S/C42H27NS/c1-2-9-28(10-3-1)30-12-8-13-32(25-30)43(34-20-24-40-39-15-6-7-16-41(39)44-42(40)27-34)33-19-23-36-31(26-33)18-22-37-35-14-5-4-11-29(35)17-21-38(36)37/h1-27H. The molecule has 0 saturated carbocycles. The van der Waals surface area contributed by atoms with Gasteiger partial charge >= 0.3 is 0 Å². The zero-order valence-electron chi connectivity index (χ0n) is 23.9. The third-order valence-corrected chi connectivity index (χ3v) is 9.95. The quantitative estimate of drug-likeness (QED) is 0.188. The fraction of sp³-hybridized carbons (Fsp3) is 0. The lowest BCUT2D eigenvalue weighted by Crippen LogP contribution is -2.10. The van der Waals surface area contributed by atoms with Crippen molar-refractivity contribution in [2.45, 2.75) is 0 Å². The summed E-state index contributed by atoms with van der Waals surface area (Å²) in [5.41, 5.74) is 5.85. The molecule has 9 rings (SSSR count). The molecule has 0 aliphatic heterocycles. The molecular weight excluding hydrogens is 551 g/mol. The second kappa shape index (κ2) is 10.1. The highest BCUT2D eigenvalue weighted by atomic mass is 32.1. The molecule has 44 heavy (non-hydrogen) atoms. The van der Waals surface area contributed by atoms with Crippen molar-refractivity contribution in [3.05, 3.63) is 164 Å². The maximum atomic E-state index is 2.40. The van der Waals surface area contributed by atoms with Gasteiger partial charge in [-0.25, -0.2) is 0 Å². The van der Waals surface area contributed by atoms with Crippen molar-refractivity contribution in [1.29, 1.82) is 0 Å². The minimum Gasteiger partial charge on any atom is -0.310 e. The van der Waals surface area contributed by atoms with Gasteiger partial charge in [0, 0.05) is 37.2 Å². The molecule has 2 heteroatoms. The van der Waals surface area contributed by atoms with Crippen LogP contribution in [0.1, 0.15) is 0 Å². The molecule has 0 aliphatic carbocycles. The van der Waals surface area contributed by atoms with Crippen molar-refractivity contribution in [2.24, 2.45) is 0 Å². The zero-order chi connectivity index (χ0) is 29.0. The Morgan fingerprint density at radius 3 is 1.77 bits per heavy atom. The molecule has 206 valence electrons. The van der Waals surface area contributed by atoms with Crippen LogP contribution in [0.15, 0.2) is 164 Å². The van der Waals surface area contributed by atoms with E-state index in [1.807, 2.05) is 11.3 Å². The van der Waals surface area contributed by atoms with E-state index in [1.54, 1.807) is 0 Å². The van der Waals surface area contributed by atoms with Gasteiger partial charge in [0.1, 0.15) is 0 Å². The maximum absolute atomic E-state index is 2.40. The van der Waals surface area contributed by atoms with Crippen LogP contribution in [0.5, 0.6) is 0 Å². The molecule has 1 heterocycles. The van der Waals surface area contributed by atoms with Gasteiger partial charge in [0.05, 0.1) is 0 Å². The van der Waals surface area contributed by atoms with Gasteiger partial charge in [-0.3, -0.25) is 0 Å². The predicted octanol–water partition coefficient (Wildman–Crippen LogP) is 12.7. The van der Waals surface area contributed by atoms with E-state index in [1.165, 1.54) is 63.6 Å². The molecule has 0 amide bonds. The first-order valence-electron chi connectivity index (χ1n) is 15.0. The Kier molecular flexibility index (Phi) is 5.75. The molecule has 0 saturated heterocycles. The first kappa shape index (κ1) is 25.1. The van der Waals surface area contributed by atoms with Gasteiger partial charge in [-0.15, -0.1) is 11.3 Å². The van der Waals surface area contributed by atoms with Gasteiger partial charge in [0.2, 0.25) is 0 Å². The van der Waals surface area contributed by atoms with Crippen LogP contribution in [0.3, 0.4) is 0 Å². The van der Waals surface area contributed by atoms with Gasteiger partial charge < -0.3 is 4.90 Å². The van der Waals surface area contributed by atoms with E-state index in [0.29, 0.717) is 0 Å². The molecule has 0 unspecified atom stereocenters. The molecule has 1 nitrogen and oxygen atoms in total. The third kappa shape index (κ3) is 4.07. The van der Waals surface area contributed by atoms with Crippen LogP contribution >= 0.6 is 11.3 Å². The number of thiophene rings is 1. The molecule has 0 N–H and O–H groups in total. The summed E-state index contributed by atoms with van der Waals surface area (Å²) < 4.78 is 2.62. The van der Waals surface area contributed by atoms with E-state index < -0.39 is 0 Å². The van der Waals surface area contributed by atoms with Crippen molar-refractivity contribution in [3.8, 4) is 11.1 Å². The fourth-order valence-electron chi connectivity index (χ4n) is 6.71. The second-order valence-corrected chi connectivity index (χ2v) is 12.5. The maximum Gasteiger partial charge on any atom is 0.0476 e. The number of benzene rings is 8. The van der Waals surface area contributed by atoms with Crippen LogP contribution in [-0.2, 0) is 0 Å². The molecule has 8 aromatic carbocycles. The lowest BCUT2D eigenvalue weighted by atomic mass is 9.96. The molecule has 0 spiro atoms. The monoisotopic (exact) mass is 577 g/mol. The van der Waals surface area contributed by atoms with Crippen molar-refractivity contribution in [1.82, 2.24) is 0 Å². The number of rotatable bonds is 4. The van der Waals surface area contributed by atoms with Gasteiger partial charge in [0.25, 0.3) is 0 Å². The summed E-state index contributed by atoms with van der Waals surface area (Å²) in [4.78, 5) is 2.40. The molecule has 0 radical (unpaired) electrons. The van der Waals surface area contributed by atoms with Gasteiger partial charge in [0.15, 0.2) is 0 Å². The van der Waals surface area contributed by atoms with Crippen LogP contribution in [-0.4, -0.2) is 0 Å². The Morgan fingerprint density at radius 2 is 0.909 bits per heavy atom. The van der Waals surface area contributed by atoms with Gasteiger partial charge in [-0.1, -0.05) is 121 Å². The molecule has 0 bridgehead atoms. The molecule has 0 aliphatic rings. The van der Waals surface area contributed by atoms with E-state index in [9.17, 15) is 0 Å². The Morgan fingerprint density at radius 1 is 0.318 bits per heavy atom. The van der Waals surface area contributed by atoms with E-state index >= 15 is 0 Å². The van der Waals surface area contributed by atoms with Crippen LogP contribution in [0.25, 0.3) is 63.6 Å². The van der Waals surface area contributed by atoms with Crippen molar-refractivity contribution < 1.29 is 0 Å². The highest BCUT2D eigenvalue weighted by Gasteiger charge is 2.17. The zero-order valence-corrected chi connectivity index (χ0v) is 24.8. The number of nitrogens with zero attached hydrogens (tertiary/aromatic N) is 1. The molecule has 0 fully saturated rings. The van der Waals surface area contributed by atoms with E-state index in [0.717, 1.165) is 17.1 Å². The van der Waals surface area contributed by atoms with Crippen LogP contribution < -0.4 is 4.90 Å². The first-order valence-corrected chi connectivity index (χ1v) is 15.8. The number of anilines is 3. The largest absolute Gasteiger partial charge is 0.310 e. The SMILES string of the molecule is c1ccc(-c2cccc(N(c3ccc4c(ccc5c6ccccc6ccc45)c3)c3ccc4c(c3)sc3ccccc34)c2)cc1. The average Bonchev–Trinajstić information content (AvgIpc) is 3.46. The van der Waals surface area contributed by atoms with Gasteiger partial charge in [-0.2, -0.15) is 0 Å². The smallest absolute Gasteiger partial charge is 0.0476 e. The topological polar surface area (TPSA) is 3.24 Å². The highest BCUT2D eigenvalue weighted by molar-refractivity contribution is 7.25.